The highest BCUT2D eigenvalue weighted by Crippen LogP contribution is 2.13. The number of carbonyl (C=O) groups is 2. The van der Waals surface area contributed by atoms with E-state index in [0.717, 1.165) is 5.69 Å². The first kappa shape index (κ1) is 19.0. The number of ether oxygens (including phenoxy) is 1. The lowest BCUT2D eigenvalue weighted by atomic mass is 10.1. The smallest absolute Gasteiger partial charge is 0.306 e. The topological polar surface area (TPSA) is 120 Å². The molecule has 0 atom stereocenters. The molecule has 0 saturated heterocycles. The van der Waals surface area contributed by atoms with Gasteiger partial charge in [-0.05, 0) is 12.1 Å². The molecule has 28 heavy (non-hydrogen) atoms. The minimum atomic E-state index is -0.513. The van der Waals surface area contributed by atoms with Gasteiger partial charge < -0.3 is 15.8 Å². The number of aromatic nitrogens is 3. The molecule has 3 N–H and O–H groups in total. The van der Waals surface area contributed by atoms with Gasteiger partial charge in [0.05, 0.1) is 6.42 Å². The highest BCUT2D eigenvalue weighted by Gasteiger charge is 2.12. The zero-order valence-corrected chi connectivity index (χ0v) is 15.0. The molecule has 0 spiro atoms. The number of para-hydroxylation sites is 1. The molecule has 8 nitrogen and oxygen atoms in total. The van der Waals surface area contributed by atoms with Crippen molar-refractivity contribution in [1.82, 2.24) is 15.0 Å². The third-order valence-corrected chi connectivity index (χ3v) is 3.74. The number of hydrogen-bond donors (Lipinski definition) is 2. The summed E-state index contributed by atoms with van der Waals surface area (Å²) in [7, 11) is 0. The summed E-state index contributed by atoms with van der Waals surface area (Å²) in [5.74, 6) is -0.145. The Morgan fingerprint density at radius 3 is 2.29 bits per heavy atom. The second-order valence-electron chi connectivity index (χ2n) is 5.87. The molecule has 8 heteroatoms. The summed E-state index contributed by atoms with van der Waals surface area (Å²) in [4.78, 5) is 36.1. The Morgan fingerprint density at radius 1 is 0.893 bits per heavy atom. The number of nitrogen functional groups attached to an aromatic ring is 1. The van der Waals surface area contributed by atoms with E-state index in [4.69, 9.17) is 10.5 Å². The van der Waals surface area contributed by atoms with E-state index in [-0.39, 0.29) is 43.0 Å². The molecule has 0 amide bonds. The van der Waals surface area contributed by atoms with Crippen LogP contribution in [0.25, 0.3) is 0 Å². The number of carbonyl (C=O) groups excluding carboxylic acids is 2. The minimum absolute atomic E-state index is 0.0127. The fourth-order valence-corrected chi connectivity index (χ4v) is 2.41. The Labute approximate surface area is 161 Å². The van der Waals surface area contributed by atoms with Crippen LogP contribution in [0, 0.1) is 0 Å². The predicted molar refractivity (Wildman–Crippen MR) is 104 cm³/mol. The maximum atomic E-state index is 12.0. The van der Waals surface area contributed by atoms with E-state index >= 15 is 0 Å². The highest BCUT2D eigenvalue weighted by atomic mass is 16.5. The Morgan fingerprint density at radius 2 is 1.57 bits per heavy atom. The molecular weight excluding hydrogens is 358 g/mol. The molecule has 0 aliphatic rings. The van der Waals surface area contributed by atoms with Gasteiger partial charge in [0, 0.05) is 17.7 Å². The maximum Gasteiger partial charge on any atom is 0.306 e. The second kappa shape index (κ2) is 9.22. The van der Waals surface area contributed by atoms with Gasteiger partial charge in [-0.25, -0.2) is 0 Å². The van der Waals surface area contributed by atoms with Crippen LogP contribution in [0.2, 0.25) is 0 Å². The molecule has 0 aliphatic heterocycles. The number of rotatable bonds is 8. The second-order valence-corrected chi connectivity index (χ2v) is 5.87. The Balaban J connectivity index is 1.52. The van der Waals surface area contributed by atoms with Crippen molar-refractivity contribution in [2.75, 3.05) is 11.1 Å². The minimum Gasteiger partial charge on any atom is -0.457 e. The largest absolute Gasteiger partial charge is 0.457 e. The SMILES string of the molecule is Nc1nc(COC(=O)CCC(=O)c2ccccc2)nc(Nc2ccccc2)n1. The third-order valence-electron chi connectivity index (χ3n) is 3.74. The molecule has 2 aromatic carbocycles. The van der Waals surface area contributed by atoms with E-state index in [9.17, 15) is 9.59 Å². The van der Waals surface area contributed by atoms with Gasteiger partial charge in [-0.15, -0.1) is 0 Å². The van der Waals surface area contributed by atoms with E-state index in [1.807, 2.05) is 36.4 Å². The van der Waals surface area contributed by atoms with Gasteiger partial charge in [-0.3, -0.25) is 9.59 Å². The van der Waals surface area contributed by atoms with E-state index in [0.29, 0.717) is 5.56 Å². The first-order valence-corrected chi connectivity index (χ1v) is 8.66. The lowest BCUT2D eigenvalue weighted by Gasteiger charge is -2.08. The Bertz CT molecular complexity index is 949. The number of nitrogens with zero attached hydrogens (tertiary/aromatic N) is 3. The summed E-state index contributed by atoms with van der Waals surface area (Å²) in [6.07, 6.45) is 0.0480. The maximum absolute atomic E-state index is 12.0. The fourth-order valence-electron chi connectivity index (χ4n) is 2.41. The molecule has 0 aliphatic carbocycles. The summed E-state index contributed by atoms with van der Waals surface area (Å²) in [6, 6.07) is 18.1. The number of hydrogen-bond acceptors (Lipinski definition) is 8. The summed E-state index contributed by atoms with van der Waals surface area (Å²) in [5.41, 5.74) is 7.05. The van der Waals surface area contributed by atoms with Gasteiger partial charge >= 0.3 is 5.97 Å². The normalized spacial score (nSPS) is 10.3. The van der Waals surface area contributed by atoms with E-state index in [1.54, 1.807) is 24.3 Å². The fraction of sp³-hybridized carbons (Fsp3) is 0.150. The van der Waals surface area contributed by atoms with Crippen LogP contribution in [-0.2, 0) is 16.1 Å². The lowest BCUT2D eigenvalue weighted by molar-refractivity contribution is -0.145. The summed E-state index contributed by atoms with van der Waals surface area (Å²) in [6.45, 7) is -0.158. The van der Waals surface area contributed by atoms with Crippen molar-refractivity contribution in [2.24, 2.45) is 0 Å². The van der Waals surface area contributed by atoms with Crippen molar-refractivity contribution in [3.05, 3.63) is 72.1 Å². The number of benzene rings is 2. The van der Waals surface area contributed by atoms with Crippen molar-refractivity contribution in [2.45, 2.75) is 19.4 Å². The van der Waals surface area contributed by atoms with Crippen LogP contribution < -0.4 is 11.1 Å². The molecule has 142 valence electrons. The first-order chi connectivity index (χ1) is 13.6. The van der Waals surface area contributed by atoms with Crippen LogP contribution >= 0.6 is 0 Å². The third kappa shape index (κ3) is 5.60. The summed E-state index contributed by atoms with van der Waals surface area (Å²) < 4.78 is 5.15. The van der Waals surface area contributed by atoms with Crippen LogP contribution in [0.5, 0.6) is 0 Å². The van der Waals surface area contributed by atoms with Gasteiger partial charge in [0.2, 0.25) is 11.9 Å². The van der Waals surface area contributed by atoms with Crippen molar-refractivity contribution in [3.8, 4) is 0 Å². The van der Waals surface area contributed by atoms with Crippen molar-refractivity contribution in [3.63, 3.8) is 0 Å². The van der Waals surface area contributed by atoms with E-state index in [2.05, 4.69) is 20.3 Å². The Kier molecular flexibility index (Phi) is 6.25. The molecular formula is C20H19N5O3. The lowest BCUT2D eigenvalue weighted by Crippen LogP contribution is -2.12. The van der Waals surface area contributed by atoms with Gasteiger partial charge in [0.15, 0.2) is 18.2 Å². The van der Waals surface area contributed by atoms with Crippen LogP contribution in [0.15, 0.2) is 60.7 Å². The molecule has 3 rings (SSSR count). The average molecular weight is 377 g/mol. The van der Waals surface area contributed by atoms with Crippen molar-refractivity contribution in [1.29, 1.82) is 0 Å². The monoisotopic (exact) mass is 377 g/mol. The molecule has 1 heterocycles. The zero-order valence-electron chi connectivity index (χ0n) is 15.0. The summed E-state index contributed by atoms with van der Waals surface area (Å²) in [5, 5.41) is 3.00. The van der Waals surface area contributed by atoms with Gasteiger partial charge in [0.1, 0.15) is 0 Å². The summed E-state index contributed by atoms with van der Waals surface area (Å²) >= 11 is 0. The predicted octanol–water partition coefficient (Wildman–Crippen LogP) is 2.90. The van der Waals surface area contributed by atoms with E-state index in [1.165, 1.54) is 0 Å². The zero-order chi connectivity index (χ0) is 19.8. The van der Waals surface area contributed by atoms with Crippen LogP contribution in [0.1, 0.15) is 29.0 Å². The quantitative estimate of drug-likeness (QED) is 0.454. The van der Waals surface area contributed by atoms with Crippen LogP contribution in [-0.4, -0.2) is 26.7 Å². The highest BCUT2D eigenvalue weighted by molar-refractivity contribution is 5.97. The molecule has 3 aromatic rings. The van der Waals surface area contributed by atoms with Gasteiger partial charge in [-0.2, -0.15) is 15.0 Å². The van der Waals surface area contributed by atoms with Gasteiger partial charge in [0.25, 0.3) is 0 Å². The number of nitrogens with two attached hydrogens (primary N) is 1. The molecule has 0 saturated carbocycles. The molecule has 1 aromatic heterocycles. The number of anilines is 3. The first-order valence-electron chi connectivity index (χ1n) is 8.66. The van der Waals surface area contributed by atoms with Crippen molar-refractivity contribution >= 4 is 29.3 Å². The number of esters is 1. The molecule has 0 radical (unpaired) electrons. The number of nitrogens with one attached hydrogen (secondary N) is 1. The standard InChI is InChI=1S/C20H19N5O3/c21-19-23-17(24-20(25-19)22-15-9-5-2-6-10-15)13-28-18(27)12-11-16(26)14-7-3-1-4-8-14/h1-10H,11-13H2,(H3,21,22,23,24,25). The Hall–Kier alpha value is -3.81. The van der Waals surface area contributed by atoms with Crippen LogP contribution in [0.4, 0.5) is 17.6 Å². The number of Topliss-reactive ketones (excluding diaryl/α,β-unsaturated/α-hetero) is 1. The number of ketones is 1. The molecule has 0 unspecified atom stereocenters. The molecule has 0 fully saturated rings. The van der Waals surface area contributed by atoms with E-state index < -0.39 is 5.97 Å². The van der Waals surface area contributed by atoms with Crippen LogP contribution in [0.3, 0.4) is 0 Å². The van der Waals surface area contributed by atoms with Gasteiger partial charge in [-0.1, -0.05) is 48.5 Å². The molecule has 0 bridgehead atoms. The van der Waals surface area contributed by atoms with Crippen molar-refractivity contribution < 1.29 is 14.3 Å². The average Bonchev–Trinajstić information content (AvgIpc) is 2.71.